The van der Waals surface area contributed by atoms with Crippen LogP contribution in [0.1, 0.15) is 6.42 Å². The molecule has 0 saturated heterocycles. The first-order chi connectivity index (χ1) is 7.59. The van der Waals surface area contributed by atoms with Crippen LogP contribution in [0.4, 0.5) is 0 Å². The van der Waals surface area contributed by atoms with Gasteiger partial charge in [0.2, 0.25) is 0 Å². The predicted octanol–water partition coefficient (Wildman–Crippen LogP) is -1.20. The molecule has 0 aliphatic carbocycles. The Morgan fingerprint density at radius 1 is 1.44 bits per heavy atom. The molecular weight excluding hydrogens is 208 g/mol. The minimum absolute atomic E-state index is 0.00861. The first-order valence-corrected chi connectivity index (χ1v) is 4.79. The lowest BCUT2D eigenvalue weighted by atomic mass is 10.0. The average molecular weight is 218 g/mol. The molecule has 2 rings (SSSR count). The average Bonchev–Trinajstić information content (AvgIpc) is 2.55. The maximum absolute atomic E-state index is 11.5. The molecule has 1 atom stereocenters. The van der Waals surface area contributed by atoms with Crippen LogP contribution < -0.4 is 16.3 Å². The van der Waals surface area contributed by atoms with Crippen LogP contribution >= 0.6 is 0 Å². The first kappa shape index (κ1) is 10.5. The van der Waals surface area contributed by atoms with Crippen LogP contribution in [0.15, 0.2) is 29.3 Å². The largest absolute Gasteiger partial charge is 0.480 e. The van der Waals surface area contributed by atoms with Crippen molar-refractivity contribution in [1.29, 1.82) is 0 Å². The third kappa shape index (κ3) is 1.72. The van der Waals surface area contributed by atoms with Gasteiger partial charge in [-0.2, -0.15) is 0 Å². The number of hydrogen-bond donors (Lipinski definition) is 2. The van der Waals surface area contributed by atoms with Crippen molar-refractivity contribution in [2.75, 3.05) is 0 Å². The molecule has 0 radical (unpaired) electrons. The maximum atomic E-state index is 11.5. The van der Waals surface area contributed by atoms with Crippen molar-refractivity contribution in [2.24, 2.45) is 10.7 Å². The number of para-hydroxylation sites is 1. The Kier molecular flexibility index (Phi) is 2.54. The summed E-state index contributed by atoms with van der Waals surface area (Å²) in [5.41, 5.74) is 5.78. The Bertz CT molecular complexity index is 577. The molecular formula is C11H10N2O3. The number of hydrogen-bond acceptors (Lipinski definition) is 3. The number of aliphatic carboxylic acids is 1. The third-order valence-corrected chi connectivity index (χ3v) is 2.45. The van der Waals surface area contributed by atoms with E-state index in [1.807, 2.05) is 0 Å². The van der Waals surface area contributed by atoms with E-state index in [1.54, 1.807) is 24.3 Å². The lowest BCUT2D eigenvalue weighted by Gasteiger charge is -2.04. The van der Waals surface area contributed by atoms with E-state index in [-0.39, 0.29) is 6.42 Å². The van der Waals surface area contributed by atoms with Gasteiger partial charge in [-0.3, -0.25) is 9.59 Å². The molecule has 1 aliphatic rings. The molecule has 0 aromatic heterocycles. The molecule has 0 saturated carbocycles. The van der Waals surface area contributed by atoms with E-state index in [9.17, 15) is 9.59 Å². The standard InChI is InChI=1S/C11H10N2O3/c12-8(11(15)16)5-7-6-3-1-2-4-9(6)13-10(7)14/h1-4,8H,5,12H2,(H,15,16)/t8-/m0/s1. The fourth-order valence-electron chi connectivity index (χ4n) is 1.62. The molecule has 0 spiro atoms. The van der Waals surface area contributed by atoms with Crippen LogP contribution in [0, 0.1) is 0 Å². The SMILES string of the molecule is N[C@@H](CC1=c2ccccc2=NC1=O)C(=O)O. The third-order valence-electron chi connectivity index (χ3n) is 2.45. The highest BCUT2D eigenvalue weighted by atomic mass is 16.4. The predicted molar refractivity (Wildman–Crippen MR) is 55.9 cm³/mol. The number of nitrogens with two attached hydrogens (primary N) is 1. The summed E-state index contributed by atoms with van der Waals surface area (Å²) in [6, 6.07) is 5.94. The van der Waals surface area contributed by atoms with Crippen molar-refractivity contribution in [3.63, 3.8) is 0 Å². The zero-order chi connectivity index (χ0) is 11.7. The Hall–Kier alpha value is -2.01. The van der Waals surface area contributed by atoms with Gasteiger partial charge in [0.15, 0.2) is 0 Å². The molecule has 0 fully saturated rings. The summed E-state index contributed by atoms with van der Waals surface area (Å²) in [4.78, 5) is 26.0. The number of carboxylic acid groups (broad SMARTS) is 1. The van der Waals surface area contributed by atoms with Gasteiger partial charge in [-0.05, 0) is 6.07 Å². The molecule has 82 valence electrons. The highest BCUT2D eigenvalue weighted by Crippen LogP contribution is 2.08. The van der Waals surface area contributed by atoms with Gasteiger partial charge in [-0.15, -0.1) is 0 Å². The second-order valence-corrected chi connectivity index (χ2v) is 3.56. The number of benzene rings is 1. The van der Waals surface area contributed by atoms with Crippen molar-refractivity contribution in [1.82, 2.24) is 0 Å². The lowest BCUT2D eigenvalue weighted by molar-refractivity contribution is -0.138. The molecule has 16 heavy (non-hydrogen) atoms. The number of carbonyl (C=O) groups is 2. The number of carboxylic acids is 1. The van der Waals surface area contributed by atoms with Crippen LogP contribution in [0.5, 0.6) is 0 Å². The summed E-state index contributed by atoms with van der Waals surface area (Å²) in [5, 5.41) is 9.96. The molecule has 5 nitrogen and oxygen atoms in total. The van der Waals surface area contributed by atoms with Gasteiger partial charge >= 0.3 is 5.97 Å². The highest BCUT2D eigenvalue weighted by Gasteiger charge is 2.21. The normalized spacial score (nSPS) is 15.6. The number of rotatable bonds is 3. The minimum atomic E-state index is -1.12. The second-order valence-electron chi connectivity index (χ2n) is 3.56. The molecule has 1 heterocycles. The monoisotopic (exact) mass is 218 g/mol. The Morgan fingerprint density at radius 3 is 2.81 bits per heavy atom. The Labute approximate surface area is 90.9 Å². The molecule has 1 aromatic carbocycles. The molecule has 1 amide bonds. The number of carbonyl (C=O) groups excluding carboxylic acids is 1. The van der Waals surface area contributed by atoms with Crippen LogP contribution in [0.3, 0.4) is 0 Å². The van der Waals surface area contributed by atoms with Gasteiger partial charge in [-0.1, -0.05) is 18.2 Å². The maximum Gasteiger partial charge on any atom is 0.320 e. The zero-order valence-electron chi connectivity index (χ0n) is 8.38. The van der Waals surface area contributed by atoms with Crippen molar-refractivity contribution < 1.29 is 14.7 Å². The van der Waals surface area contributed by atoms with Gasteiger partial charge in [0.25, 0.3) is 5.91 Å². The number of fused-ring (bicyclic) bond motifs is 1. The lowest BCUT2D eigenvalue weighted by Crippen LogP contribution is -2.32. The quantitative estimate of drug-likeness (QED) is 0.666. The summed E-state index contributed by atoms with van der Waals surface area (Å²) >= 11 is 0. The second kappa shape index (κ2) is 3.86. The van der Waals surface area contributed by atoms with E-state index in [2.05, 4.69) is 4.99 Å². The molecule has 1 aromatic rings. The van der Waals surface area contributed by atoms with Crippen molar-refractivity contribution in [3.05, 3.63) is 34.8 Å². The number of nitrogens with zero attached hydrogens (tertiary/aromatic N) is 1. The Balaban J connectivity index is 2.47. The molecule has 5 heteroatoms. The topological polar surface area (TPSA) is 92.8 Å². The van der Waals surface area contributed by atoms with E-state index in [4.69, 9.17) is 10.8 Å². The van der Waals surface area contributed by atoms with E-state index in [0.29, 0.717) is 16.1 Å². The highest BCUT2D eigenvalue weighted by molar-refractivity contribution is 6.15. The molecule has 0 unspecified atom stereocenters. The van der Waals surface area contributed by atoms with E-state index < -0.39 is 17.9 Å². The number of amides is 1. The van der Waals surface area contributed by atoms with Crippen molar-refractivity contribution >= 4 is 17.4 Å². The van der Waals surface area contributed by atoms with Gasteiger partial charge in [0.05, 0.1) is 5.36 Å². The molecule has 1 aliphatic heterocycles. The Morgan fingerprint density at radius 2 is 2.12 bits per heavy atom. The summed E-state index contributed by atoms with van der Waals surface area (Å²) < 4.78 is 0. The van der Waals surface area contributed by atoms with Crippen molar-refractivity contribution in [3.8, 4) is 0 Å². The van der Waals surface area contributed by atoms with Gasteiger partial charge in [0, 0.05) is 17.2 Å². The van der Waals surface area contributed by atoms with Crippen LogP contribution in [-0.2, 0) is 9.59 Å². The van der Waals surface area contributed by atoms with Gasteiger partial charge < -0.3 is 10.8 Å². The van der Waals surface area contributed by atoms with Crippen LogP contribution in [-0.4, -0.2) is 23.0 Å². The van der Waals surface area contributed by atoms with Crippen molar-refractivity contribution in [2.45, 2.75) is 12.5 Å². The fourth-order valence-corrected chi connectivity index (χ4v) is 1.62. The van der Waals surface area contributed by atoms with E-state index in [0.717, 1.165) is 0 Å². The summed E-state index contributed by atoms with van der Waals surface area (Å²) in [6.07, 6.45) is 0.00861. The zero-order valence-corrected chi connectivity index (χ0v) is 8.38. The molecule has 0 bridgehead atoms. The van der Waals surface area contributed by atoms with Crippen LogP contribution in [0.2, 0.25) is 0 Å². The summed E-state index contributed by atoms with van der Waals surface area (Å²) in [5.74, 6) is -1.51. The van der Waals surface area contributed by atoms with E-state index in [1.165, 1.54) is 0 Å². The van der Waals surface area contributed by atoms with Gasteiger partial charge in [-0.25, -0.2) is 4.99 Å². The summed E-state index contributed by atoms with van der Waals surface area (Å²) in [7, 11) is 0. The smallest absolute Gasteiger partial charge is 0.320 e. The minimum Gasteiger partial charge on any atom is -0.480 e. The fraction of sp³-hybridized carbons (Fsp3) is 0.182. The molecule has 3 N–H and O–H groups in total. The van der Waals surface area contributed by atoms with Crippen LogP contribution in [0.25, 0.3) is 5.57 Å². The summed E-state index contributed by atoms with van der Waals surface area (Å²) in [6.45, 7) is 0. The van der Waals surface area contributed by atoms with Gasteiger partial charge in [0.1, 0.15) is 6.04 Å². The van der Waals surface area contributed by atoms with E-state index >= 15 is 0 Å². The first-order valence-electron chi connectivity index (χ1n) is 4.79.